The number of carbonyl (C=O) groups excluding carboxylic acids is 1. The van der Waals surface area contributed by atoms with Crippen LogP contribution < -0.4 is 4.74 Å². The molecule has 0 radical (unpaired) electrons. The third kappa shape index (κ3) is 4.52. The maximum absolute atomic E-state index is 12.3. The molecule has 2 aromatic rings. The van der Waals surface area contributed by atoms with E-state index in [4.69, 9.17) is 9.47 Å². The zero-order chi connectivity index (χ0) is 18.4. The molecule has 1 amide bonds. The first-order valence-corrected chi connectivity index (χ1v) is 10.1. The van der Waals surface area contributed by atoms with E-state index < -0.39 is 0 Å². The van der Waals surface area contributed by atoms with Gasteiger partial charge in [-0.05, 0) is 48.3 Å². The van der Waals surface area contributed by atoms with Crippen molar-refractivity contribution >= 4 is 17.9 Å². The first-order chi connectivity index (χ1) is 12.7. The lowest BCUT2D eigenvalue weighted by Gasteiger charge is -2.32. The van der Waals surface area contributed by atoms with Crippen molar-refractivity contribution < 1.29 is 14.3 Å². The summed E-state index contributed by atoms with van der Waals surface area (Å²) in [5.41, 5.74) is 2.37. The lowest BCUT2D eigenvalue weighted by atomic mass is 9.89. The second-order valence-electron chi connectivity index (χ2n) is 6.41. The van der Waals surface area contributed by atoms with Crippen LogP contribution in [0.3, 0.4) is 0 Å². The van der Waals surface area contributed by atoms with Crippen LogP contribution in [0.2, 0.25) is 0 Å². The zero-order valence-corrected chi connectivity index (χ0v) is 16.1. The summed E-state index contributed by atoms with van der Waals surface area (Å²) in [6.45, 7) is 1.80. The summed E-state index contributed by atoms with van der Waals surface area (Å²) in [7, 11) is 1.69. The van der Waals surface area contributed by atoms with E-state index in [2.05, 4.69) is 18.4 Å². The van der Waals surface area contributed by atoms with Gasteiger partial charge in [0.15, 0.2) is 0 Å². The molecule has 2 aromatic carbocycles. The van der Waals surface area contributed by atoms with Gasteiger partial charge in [0, 0.05) is 18.0 Å². The molecule has 1 heterocycles. The summed E-state index contributed by atoms with van der Waals surface area (Å²) in [6, 6.07) is 16.1. The van der Waals surface area contributed by atoms with Crippen molar-refractivity contribution in [2.24, 2.45) is 0 Å². The molecule has 4 nitrogen and oxygen atoms in total. The summed E-state index contributed by atoms with van der Waals surface area (Å²) in [4.78, 5) is 15.4. The molecule has 0 N–H and O–H groups in total. The topological polar surface area (TPSA) is 38.8 Å². The Kier molecular flexibility index (Phi) is 6.45. The molecule has 0 bridgehead atoms. The van der Waals surface area contributed by atoms with E-state index in [1.54, 1.807) is 18.9 Å². The number of ether oxygens (including phenoxy) is 2. The number of hydrogen-bond acceptors (Lipinski definition) is 4. The van der Waals surface area contributed by atoms with Crippen LogP contribution in [-0.2, 0) is 11.3 Å². The Bertz CT molecular complexity index is 727. The van der Waals surface area contributed by atoms with Crippen LogP contribution in [0.4, 0.5) is 4.79 Å². The van der Waals surface area contributed by atoms with Crippen LogP contribution in [0, 0.1) is 0 Å². The van der Waals surface area contributed by atoms with Crippen LogP contribution in [0.25, 0.3) is 0 Å². The van der Waals surface area contributed by atoms with Gasteiger partial charge in [-0.3, -0.25) is 0 Å². The molecule has 3 rings (SSSR count). The highest BCUT2D eigenvalue weighted by Gasteiger charge is 2.26. The molecule has 1 fully saturated rings. The molecule has 26 heavy (non-hydrogen) atoms. The highest BCUT2D eigenvalue weighted by atomic mass is 32.2. The Morgan fingerprint density at radius 3 is 2.54 bits per heavy atom. The van der Waals surface area contributed by atoms with Crippen LogP contribution >= 0.6 is 11.8 Å². The molecular formula is C21H25NO3S. The predicted molar refractivity (Wildman–Crippen MR) is 105 cm³/mol. The van der Waals surface area contributed by atoms with Crippen molar-refractivity contribution in [2.75, 3.05) is 26.5 Å². The molecule has 5 heteroatoms. The van der Waals surface area contributed by atoms with Crippen molar-refractivity contribution in [2.45, 2.75) is 30.3 Å². The molecular weight excluding hydrogens is 346 g/mol. The Balaban J connectivity index is 1.55. The smallest absolute Gasteiger partial charge is 0.410 e. The number of benzene rings is 2. The van der Waals surface area contributed by atoms with E-state index in [9.17, 15) is 4.79 Å². The standard InChI is InChI=1S/C21H25NO3S/c1-24-18-8-9-19(20(14-18)26-2)17-10-12-22(13-11-17)21(23)25-15-16-6-4-3-5-7-16/h3-9,14,17H,10-13,15H2,1-2H3. The third-order valence-electron chi connectivity index (χ3n) is 4.84. The largest absolute Gasteiger partial charge is 0.497 e. The van der Waals surface area contributed by atoms with Gasteiger partial charge >= 0.3 is 6.09 Å². The van der Waals surface area contributed by atoms with Gasteiger partial charge in [-0.1, -0.05) is 36.4 Å². The van der Waals surface area contributed by atoms with Gasteiger partial charge in [0.2, 0.25) is 0 Å². The maximum Gasteiger partial charge on any atom is 0.410 e. The predicted octanol–water partition coefficient (Wildman–Crippen LogP) is 4.93. The van der Waals surface area contributed by atoms with E-state index in [0.717, 1.165) is 37.2 Å². The van der Waals surface area contributed by atoms with Crippen molar-refractivity contribution in [1.29, 1.82) is 0 Å². The van der Waals surface area contributed by atoms with E-state index >= 15 is 0 Å². The Morgan fingerprint density at radius 2 is 1.88 bits per heavy atom. The number of piperidine rings is 1. The number of amides is 1. The minimum Gasteiger partial charge on any atom is -0.497 e. The van der Waals surface area contributed by atoms with Gasteiger partial charge in [-0.25, -0.2) is 4.79 Å². The summed E-state index contributed by atoms with van der Waals surface area (Å²) < 4.78 is 10.8. The number of thioether (sulfide) groups is 1. The fraction of sp³-hybridized carbons (Fsp3) is 0.381. The lowest BCUT2D eigenvalue weighted by Crippen LogP contribution is -2.38. The number of hydrogen-bond donors (Lipinski definition) is 0. The molecule has 0 aliphatic carbocycles. The van der Waals surface area contributed by atoms with Gasteiger partial charge < -0.3 is 14.4 Å². The van der Waals surface area contributed by atoms with E-state index in [1.807, 2.05) is 41.3 Å². The minimum atomic E-state index is -0.216. The molecule has 1 saturated heterocycles. The average molecular weight is 372 g/mol. The number of carbonyl (C=O) groups is 1. The number of methoxy groups -OCH3 is 1. The van der Waals surface area contributed by atoms with Gasteiger partial charge in [0.05, 0.1) is 7.11 Å². The van der Waals surface area contributed by atoms with Crippen molar-refractivity contribution in [3.63, 3.8) is 0 Å². The fourth-order valence-corrected chi connectivity index (χ4v) is 4.04. The van der Waals surface area contributed by atoms with Crippen LogP contribution in [0.1, 0.15) is 29.9 Å². The summed E-state index contributed by atoms with van der Waals surface area (Å²) in [6.07, 6.45) is 3.79. The molecule has 0 spiro atoms. The number of likely N-dealkylation sites (tertiary alicyclic amines) is 1. The second-order valence-corrected chi connectivity index (χ2v) is 7.26. The fourth-order valence-electron chi connectivity index (χ4n) is 3.34. The highest BCUT2D eigenvalue weighted by molar-refractivity contribution is 7.98. The molecule has 1 aliphatic heterocycles. The lowest BCUT2D eigenvalue weighted by molar-refractivity contribution is 0.0869. The van der Waals surface area contributed by atoms with Gasteiger partial charge in [-0.2, -0.15) is 0 Å². The van der Waals surface area contributed by atoms with Gasteiger partial charge in [0.25, 0.3) is 0 Å². The summed E-state index contributed by atoms with van der Waals surface area (Å²) >= 11 is 1.75. The van der Waals surface area contributed by atoms with Gasteiger partial charge in [0.1, 0.15) is 12.4 Å². The first-order valence-electron chi connectivity index (χ1n) is 8.89. The number of nitrogens with zero attached hydrogens (tertiary/aromatic N) is 1. The van der Waals surface area contributed by atoms with Crippen LogP contribution in [-0.4, -0.2) is 37.4 Å². The Hall–Kier alpha value is -2.14. The SMILES string of the molecule is COc1ccc(C2CCN(C(=O)OCc3ccccc3)CC2)c(SC)c1. The van der Waals surface area contributed by atoms with Crippen LogP contribution in [0.15, 0.2) is 53.4 Å². The maximum atomic E-state index is 12.3. The molecule has 0 unspecified atom stereocenters. The summed E-state index contributed by atoms with van der Waals surface area (Å²) in [5.74, 6) is 1.36. The number of rotatable bonds is 5. The second kappa shape index (κ2) is 8.99. The van der Waals surface area contributed by atoms with Gasteiger partial charge in [-0.15, -0.1) is 11.8 Å². The Morgan fingerprint density at radius 1 is 1.15 bits per heavy atom. The minimum absolute atomic E-state index is 0.216. The normalized spacial score (nSPS) is 14.9. The van der Waals surface area contributed by atoms with Crippen molar-refractivity contribution in [3.8, 4) is 5.75 Å². The van der Waals surface area contributed by atoms with Crippen molar-refractivity contribution in [3.05, 3.63) is 59.7 Å². The van der Waals surface area contributed by atoms with E-state index in [0.29, 0.717) is 12.5 Å². The van der Waals surface area contributed by atoms with E-state index in [1.165, 1.54) is 10.5 Å². The van der Waals surface area contributed by atoms with Crippen LogP contribution in [0.5, 0.6) is 5.75 Å². The summed E-state index contributed by atoms with van der Waals surface area (Å²) in [5, 5.41) is 0. The quantitative estimate of drug-likeness (QED) is 0.698. The monoisotopic (exact) mass is 371 g/mol. The highest BCUT2D eigenvalue weighted by Crippen LogP contribution is 2.36. The van der Waals surface area contributed by atoms with E-state index in [-0.39, 0.29) is 6.09 Å². The third-order valence-corrected chi connectivity index (χ3v) is 5.63. The Labute approximate surface area is 159 Å². The molecule has 0 saturated carbocycles. The average Bonchev–Trinajstić information content (AvgIpc) is 2.72. The zero-order valence-electron chi connectivity index (χ0n) is 15.3. The molecule has 0 atom stereocenters. The van der Waals surface area contributed by atoms with Crippen molar-refractivity contribution in [1.82, 2.24) is 4.90 Å². The first kappa shape index (κ1) is 18.6. The molecule has 1 aliphatic rings. The molecule has 138 valence electrons. The molecule has 0 aromatic heterocycles.